The van der Waals surface area contributed by atoms with Crippen LogP contribution in [0.1, 0.15) is 15.9 Å². The highest BCUT2D eigenvalue weighted by atomic mass is 32.2. The van der Waals surface area contributed by atoms with Gasteiger partial charge >= 0.3 is 5.97 Å². The number of aryl methyl sites for hydroxylation is 1. The number of ether oxygens (including phenoxy) is 1. The molecular formula is C22H20O6S. The van der Waals surface area contributed by atoms with Crippen LogP contribution in [-0.4, -0.2) is 37.0 Å². The minimum atomic E-state index is -3.54. The number of sulfone groups is 1. The maximum atomic E-state index is 12.5. The summed E-state index contributed by atoms with van der Waals surface area (Å²) >= 11 is 0. The molecule has 0 heterocycles. The van der Waals surface area contributed by atoms with E-state index in [-0.39, 0.29) is 34.1 Å². The van der Waals surface area contributed by atoms with Gasteiger partial charge < -0.3 is 14.9 Å². The molecule has 0 spiro atoms. The minimum Gasteiger partial charge on any atom is -0.506 e. The molecule has 3 aromatic carbocycles. The van der Waals surface area contributed by atoms with Crippen LogP contribution < -0.4 is 4.74 Å². The van der Waals surface area contributed by atoms with Gasteiger partial charge in [0.15, 0.2) is 9.84 Å². The van der Waals surface area contributed by atoms with Gasteiger partial charge in [-0.15, -0.1) is 0 Å². The summed E-state index contributed by atoms with van der Waals surface area (Å²) < 4.78 is 30.6. The molecule has 0 radical (unpaired) electrons. The summed E-state index contributed by atoms with van der Waals surface area (Å²) in [5.41, 5.74) is 1.47. The topological polar surface area (TPSA) is 101 Å². The van der Waals surface area contributed by atoms with E-state index in [2.05, 4.69) is 0 Å². The first-order valence-corrected chi connectivity index (χ1v) is 10.5. The molecule has 0 unspecified atom stereocenters. The molecule has 150 valence electrons. The zero-order valence-corrected chi connectivity index (χ0v) is 16.5. The number of hydrogen-bond acceptors (Lipinski definition) is 5. The van der Waals surface area contributed by atoms with Crippen LogP contribution in [0, 0.1) is 6.92 Å². The number of benzene rings is 3. The van der Waals surface area contributed by atoms with Crippen molar-refractivity contribution in [1.29, 1.82) is 0 Å². The number of rotatable bonds is 7. The van der Waals surface area contributed by atoms with Crippen molar-refractivity contribution < 1.29 is 28.2 Å². The smallest absolute Gasteiger partial charge is 0.339 e. The Hall–Kier alpha value is -3.32. The Morgan fingerprint density at radius 1 is 0.966 bits per heavy atom. The lowest BCUT2D eigenvalue weighted by molar-refractivity contribution is 0.0693. The second-order valence-electron chi connectivity index (χ2n) is 6.49. The van der Waals surface area contributed by atoms with E-state index in [1.54, 1.807) is 54.6 Å². The summed E-state index contributed by atoms with van der Waals surface area (Å²) in [5, 5.41) is 19.8. The van der Waals surface area contributed by atoms with Crippen LogP contribution in [0.2, 0.25) is 0 Å². The van der Waals surface area contributed by atoms with Gasteiger partial charge in [-0.25, -0.2) is 13.2 Å². The van der Waals surface area contributed by atoms with E-state index in [0.717, 1.165) is 5.56 Å². The van der Waals surface area contributed by atoms with Gasteiger partial charge in [0.25, 0.3) is 0 Å². The Morgan fingerprint density at radius 3 is 2.24 bits per heavy atom. The molecular weight excluding hydrogens is 392 g/mol. The molecule has 0 fully saturated rings. The van der Waals surface area contributed by atoms with Gasteiger partial charge in [0.05, 0.1) is 16.2 Å². The summed E-state index contributed by atoms with van der Waals surface area (Å²) in [7, 11) is -3.54. The van der Waals surface area contributed by atoms with E-state index in [1.165, 1.54) is 12.1 Å². The summed E-state index contributed by atoms with van der Waals surface area (Å²) in [5.74, 6) is -1.75. The Bertz CT molecular complexity index is 1120. The highest BCUT2D eigenvalue weighted by Gasteiger charge is 2.20. The van der Waals surface area contributed by atoms with Crippen LogP contribution in [0.5, 0.6) is 11.5 Å². The first-order chi connectivity index (χ1) is 13.8. The van der Waals surface area contributed by atoms with E-state index < -0.39 is 21.6 Å². The van der Waals surface area contributed by atoms with E-state index in [0.29, 0.717) is 5.56 Å². The molecule has 0 saturated heterocycles. The van der Waals surface area contributed by atoms with Crippen LogP contribution in [-0.2, 0) is 9.84 Å². The predicted molar refractivity (Wildman–Crippen MR) is 109 cm³/mol. The highest BCUT2D eigenvalue weighted by molar-refractivity contribution is 7.91. The number of carboxylic acid groups (broad SMARTS) is 1. The number of aromatic hydroxyl groups is 1. The van der Waals surface area contributed by atoms with Crippen LogP contribution in [0.15, 0.2) is 71.6 Å². The number of hydrogen-bond donors (Lipinski definition) is 2. The quantitative estimate of drug-likeness (QED) is 0.610. The van der Waals surface area contributed by atoms with Gasteiger partial charge in [0.1, 0.15) is 23.7 Å². The highest BCUT2D eigenvalue weighted by Crippen LogP contribution is 2.40. The van der Waals surface area contributed by atoms with Crippen molar-refractivity contribution in [3.63, 3.8) is 0 Å². The van der Waals surface area contributed by atoms with Crippen LogP contribution in [0.3, 0.4) is 0 Å². The fourth-order valence-electron chi connectivity index (χ4n) is 2.87. The Labute approximate surface area is 168 Å². The molecule has 3 rings (SSSR count). The maximum Gasteiger partial charge on any atom is 0.339 e. The van der Waals surface area contributed by atoms with E-state index >= 15 is 0 Å². The molecule has 0 aromatic heterocycles. The summed E-state index contributed by atoms with van der Waals surface area (Å²) in [4.78, 5) is 11.6. The van der Waals surface area contributed by atoms with Gasteiger partial charge in [-0.05, 0) is 36.8 Å². The minimum absolute atomic E-state index is 0.151. The first-order valence-electron chi connectivity index (χ1n) is 8.86. The van der Waals surface area contributed by atoms with Crippen molar-refractivity contribution in [2.75, 3.05) is 12.4 Å². The number of carbonyl (C=O) groups is 1. The van der Waals surface area contributed by atoms with Crippen molar-refractivity contribution in [2.45, 2.75) is 11.8 Å². The van der Waals surface area contributed by atoms with E-state index in [1.807, 2.05) is 6.92 Å². The second-order valence-corrected chi connectivity index (χ2v) is 8.60. The van der Waals surface area contributed by atoms with Crippen molar-refractivity contribution in [3.8, 4) is 22.6 Å². The lowest BCUT2D eigenvalue weighted by Gasteiger charge is -2.15. The van der Waals surface area contributed by atoms with Gasteiger partial charge in [-0.1, -0.05) is 48.0 Å². The summed E-state index contributed by atoms with van der Waals surface area (Å²) in [6.07, 6.45) is 0. The molecule has 29 heavy (non-hydrogen) atoms. The van der Waals surface area contributed by atoms with Crippen molar-refractivity contribution in [1.82, 2.24) is 0 Å². The van der Waals surface area contributed by atoms with Crippen LogP contribution in [0.25, 0.3) is 11.1 Å². The molecule has 0 saturated carbocycles. The van der Waals surface area contributed by atoms with Crippen LogP contribution >= 0.6 is 0 Å². The predicted octanol–water partition coefficient (Wildman–Crippen LogP) is 3.92. The normalized spacial score (nSPS) is 11.2. The molecule has 7 heteroatoms. The molecule has 0 bridgehead atoms. The monoisotopic (exact) mass is 412 g/mol. The zero-order chi connectivity index (χ0) is 21.0. The average Bonchev–Trinajstić information content (AvgIpc) is 2.69. The number of carboxylic acids is 1. The van der Waals surface area contributed by atoms with Gasteiger partial charge in [0.2, 0.25) is 0 Å². The standard InChI is InChI=1S/C22H20O6S/c1-15-7-9-17(10-8-15)29(26,27)14-13-28-19-12-11-18(22(24)25)21(23)20(19)16-5-3-2-4-6-16/h2-12,23H,13-14H2,1H3,(H,24,25). The first kappa shape index (κ1) is 20.4. The van der Waals surface area contributed by atoms with E-state index in [9.17, 15) is 23.4 Å². The fourth-order valence-corrected chi connectivity index (χ4v) is 3.96. The lowest BCUT2D eigenvalue weighted by atomic mass is 10.00. The largest absolute Gasteiger partial charge is 0.506 e. The number of aromatic carboxylic acids is 1. The number of phenols is 1. The van der Waals surface area contributed by atoms with Crippen molar-refractivity contribution in [2.24, 2.45) is 0 Å². The molecule has 3 aromatic rings. The molecule has 0 aliphatic rings. The molecule has 0 atom stereocenters. The third-order valence-electron chi connectivity index (χ3n) is 4.42. The third kappa shape index (κ3) is 4.57. The second kappa shape index (κ2) is 8.36. The Morgan fingerprint density at radius 2 is 1.62 bits per heavy atom. The molecule has 0 aliphatic carbocycles. The van der Waals surface area contributed by atoms with Gasteiger partial charge in [0, 0.05) is 0 Å². The summed E-state index contributed by atoms with van der Waals surface area (Å²) in [6.45, 7) is 1.72. The Balaban J connectivity index is 1.86. The molecule has 0 aliphatic heterocycles. The fraction of sp³-hybridized carbons (Fsp3) is 0.136. The SMILES string of the molecule is Cc1ccc(S(=O)(=O)CCOc2ccc(C(=O)O)c(O)c2-c2ccccc2)cc1. The summed E-state index contributed by atoms with van der Waals surface area (Å²) in [6, 6.07) is 17.9. The van der Waals surface area contributed by atoms with Gasteiger partial charge in [-0.2, -0.15) is 0 Å². The lowest BCUT2D eigenvalue weighted by Crippen LogP contribution is -2.14. The van der Waals surface area contributed by atoms with Gasteiger partial charge in [-0.3, -0.25) is 0 Å². The van der Waals surface area contributed by atoms with Crippen molar-refractivity contribution in [3.05, 3.63) is 77.9 Å². The molecule has 2 N–H and O–H groups in total. The molecule has 0 amide bonds. The third-order valence-corrected chi connectivity index (χ3v) is 6.12. The molecule has 6 nitrogen and oxygen atoms in total. The zero-order valence-electron chi connectivity index (χ0n) is 15.7. The van der Waals surface area contributed by atoms with E-state index in [4.69, 9.17) is 4.74 Å². The van der Waals surface area contributed by atoms with Crippen LogP contribution in [0.4, 0.5) is 0 Å². The maximum absolute atomic E-state index is 12.5. The Kier molecular flexibility index (Phi) is 5.89. The van der Waals surface area contributed by atoms with Crippen molar-refractivity contribution >= 4 is 15.8 Å². The average molecular weight is 412 g/mol.